The van der Waals surface area contributed by atoms with Crippen LogP contribution in [0.15, 0.2) is 24.3 Å². The highest BCUT2D eigenvalue weighted by Crippen LogP contribution is 2.20. The minimum absolute atomic E-state index is 0.247. The zero-order chi connectivity index (χ0) is 13.7. The Morgan fingerprint density at radius 1 is 1.21 bits per heavy atom. The van der Waals surface area contributed by atoms with Gasteiger partial charge in [-0.2, -0.15) is 4.98 Å². The van der Waals surface area contributed by atoms with Crippen LogP contribution >= 0.6 is 12.2 Å². The Labute approximate surface area is 116 Å². The maximum Gasteiger partial charge on any atom is 0.297 e. The number of benzene rings is 1. The lowest BCUT2D eigenvalue weighted by atomic mass is 10.2. The van der Waals surface area contributed by atoms with Gasteiger partial charge in [-0.3, -0.25) is 4.98 Å². The van der Waals surface area contributed by atoms with Crippen LogP contribution in [0.4, 0.5) is 0 Å². The first-order valence-corrected chi connectivity index (χ1v) is 6.39. The summed E-state index contributed by atoms with van der Waals surface area (Å²) < 4.78 is 10.8. The molecule has 0 spiro atoms. The monoisotopic (exact) mass is 277 g/mol. The molecule has 0 atom stereocenters. The molecule has 0 bridgehead atoms. The molecule has 0 fully saturated rings. The van der Waals surface area contributed by atoms with E-state index >= 15 is 0 Å². The number of methoxy groups -OCH3 is 1. The Bertz CT molecular complexity index is 596. The number of hydrogen-bond acceptors (Lipinski definition) is 5. The molecule has 100 valence electrons. The Morgan fingerprint density at radius 2 is 1.95 bits per heavy atom. The lowest BCUT2D eigenvalue weighted by molar-refractivity contribution is 0.317. The first-order valence-electron chi connectivity index (χ1n) is 5.98. The molecule has 19 heavy (non-hydrogen) atoms. The van der Waals surface area contributed by atoms with Gasteiger partial charge in [0.1, 0.15) is 11.6 Å². The van der Waals surface area contributed by atoms with Crippen LogP contribution in [0, 0.1) is 4.77 Å². The number of aromatic amines is 1. The summed E-state index contributed by atoms with van der Waals surface area (Å²) in [5.74, 6) is 1.46. The van der Waals surface area contributed by atoms with E-state index in [9.17, 15) is 0 Å². The van der Waals surface area contributed by atoms with E-state index in [0.717, 1.165) is 17.7 Å². The molecule has 1 aromatic carbocycles. The molecule has 0 amide bonds. The molecule has 0 saturated carbocycles. The molecule has 1 N–H and O–H groups in total. The highest BCUT2D eigenvalue weighted by Gasteiger charge is 2.04. The number of ether oxygens (including phenoxy) is 2. The van der Waals surface area contributed by atoms with Gasteiger partial charge in [0.2, 0.25) is 4.77 Å². The molecule has 0 aliphatic heterocycles. The predicted molar refractivity (Wildman–Crippen MR) is 75.0 cm³/mol. The third kappa shape index (κ3) is 3.51. The molecule has 0 saturated heterocycles. The summed E-state index contributed by atoms with van der Waals surface area (Å²) in [6, 6.07) is 7.98. The first kappa shape index (κ1) is 13.5. The molecule has 5 nitrogen and oxygen atoms in total. The molecule has 1 heterocycles. The standard InChI is InChI=1S/C13H15N3O2S/c1-3-8-18-10-6-4-9(5-7-10)11-14-12(17-2)16-13(19)15-11/h4-7H,3,8H2,1-2H3,(H,14,15,16,19). The first-order chi connectivity index (χ1) is 9.22. The Balaban J connectivity index is 2.26. The average Bonchev–Trinajstić information content (AvgIpc) is 2.45. The van der Waals surface area contributed by atoms with Gasteiger partial charge in [-0.25, -0.2) is 4.98 Å². The van der Waals surface area contributed by atoms with Crippen molar-refractivity contribution in [3.05, 3.63) is 29.0 Å². The molecule has 2 rings (SSSR count). The number of nitrogens with one attached hydrogen (secondary N) is 1. The summed E-state index contributed by atoms with van der Waals surface area (Å²) >= 11 is 4.99. The Hall–Kier alpha value is -1.95. The van der Waals surface area contributed by atoms with Crippen molar-refractivity contribution in [2.75, 3.05) is 13.7 Å². The lowest BCUT2D eigenvalue weighted by Crippen LogP contribution is -1.98. The molecule has 1 aromatic heterocycles. The fourth-order valence-electron chi connectivity index (χ4n) is 1.53. The highest BCUT2D eigenvalue weighted by atomic mass is 32.1. The summed E-state index contributed by atoms with van der Waals surface area (Å²) in [7, 11) is 1.53. The van der Waals surface area contributed by atoms with Crippen LogP contribution in [0.1, 0.15) is 13.3 Å². The van der Waals surface area contributed by atoms with Gasteiger partial charge in [0.05, 0.1) is 13.7 Å². The minimum atomic E-state index is 0.247. The molecule has 0 radical (unpaired) electrons. The maximum absolute atomic E-state index is 5.53. The lowest BCUT2D eigenvalue weighted by Gasteiger charge is -2.06. The zero-order valence-electron chi connectivity index (χ0n) is 10.8. The zero-order valence-corrected chi connectivity index (χ0v) is 11.7. The van der Waals surface area contributed by atoms with Crippen LogP contribution < -0.4 is 9.47 Å². The van der Waals surface area contributed by atoms with Crippen molar-refractivity contribution >= 4 is 12.2 Å². The second-order valence-electron chi connectivity index (χ2n) is 3.86. The smallest absolute Gasteiger partial charge is 0.297 e. The van der Waals surface area contributed by atoms with Crippen molar-refractivity contribution < 1.29 is 9.47 Å². The Morgan fingerprint density at radius 3 is 2.58 bits per heavy atom. The van der Waals surface area contributed by atoms with Crippen LogP contribution in [-0.2, 0) is 0 Å². The fourth-order valence-corrected chi connectivity index (χ4v) is 1.70. The summed E-state index contributed by atoms with van der Waals surface area (Å²) in [5, 5.41) is 0. The number of aromatic nitrogens is 3. The van der Waals surface area contributed by atoms with Crippen LogP contribution in [0.2, 0.25) is 0 Å². The van der Waals surface area contributed by atoms with Crippen LogP contribution in [-0.4, -0.2) is 28.7 Å². The van der Waals surface area contributed by atoms with Crippen molar-refractivity contribution in [2.24, 2.45) is 0 Å². The molecule has 0 aliphatic carbocycles. The number of H-pyrrole nitrogens is 1. The summed E-state index contributed by atoms with van der Waals surface area (Å²) in [6.45, 7) is 2.78. The van der Waals surface area contributed by atoms with Crippen molar-refractivity contribution in [3.8, 4) is 23.1 Å². The van der Waals surface area contributed by atoms with E-state index in [0.29, 0.717) is 18.4 Å². The van der Waals surface area contributed by atoms with E-state index in [1.54, 1.807) is 0 Å². The van der Waals surface area contributed by atoms with E-state index < -0.39 is 0 Å². The van der Waals surface area contributed by atoms with Crippen LogP contribution in [0.3, 0.4) is 0 Å². The molecule has 0 unspecified atom stereocenters. The van der Waals surface area contributed by atoms with Crippen molar-refractivity contribution in [2.45, 2.75) is 13.3 Å². The summed E-state index contributed by atoms with van der Waals surface area (Å²) in [6.07, 6.45) is 0.984. The summed E-state index contributed by atoms with van der Waals surface area (Å²) in [5.41, 5.74) is 0.899. The van der Waals surface area contributed by atoms with Gasteiger partial charge in [0, 0.05) is 5.56 Å². The van der Waals surface area contributed by atoms with Gasteiger partial charge in [-0.15, -0.1) is 0 Å². The SMILES string of the molecule is CCCOc1ccc(-c2nc(=S)nc(OC)[nH]2)cc1. The number of rotatable bonds is 5. The van der Waals surface area contributed by atoms with Gasteiger partial charge >= 0.3 is 0 Å². The van der Waals surface area contributed by atoms with Gasteiger partial charge in [0.25, 0.3) is 6.01 Å². The van der Waals surface area contributed by atoms with E-state index in [-0.39, 0.29) is 4.77 Å². The molecular weight excluding hydrogens is 262 g/mol. The number of hydrogen-bond donors (Lipinski definition) is 1. The topological polar surface area (TPSA) is 60.0 Å². The quantitative estimate of drug-likeness (QED) is 0.851. The van der Waals surface area contributed by atoms with Gasteiger partial charge in [-0.05, 0) is 42.9 Å². The van der Waals surface area contributed by atoms with E-state index in [4.69, 9.17) is 21.7 Å². The molecule has 2 aromatic rings. The molecule has 6 heteroatoms. The highest BCUT2D eigenvalue weighted by molar-refractivity contribution is 7.71. The largest absolute Gasteiger partial charge is 0.494 e. The van der Waals surface area contributed by atoms with Crippen molar-refractivity contribution in [3.63, 3.8) is 0 Å². The van der Waals surface area contributed by atoms with Crippen LogP contribution in [0.5, 0.6) is 11.8 Å². The fraction of sp³-hybridized carbons (Fsp3) is 0.308. The molecular formula is C13H15N3O2S. The molecule has 0 aliphatic rings. The van der Waals surface area contributed by atoms with Gasteiger partial charge < -0.3 is 9.47 Å². The predicted octanol–water partition coefficient (Wildman–Crippen LogP) is 3.00. The van der Waals surface area contributed by atoms with Gasteiger partial charge in [0.15, 0.2) is 0 Å². The average molecular weight is 277 g/mol. The normalized spacial score (nSPS) is 10.2. The van der Waals surface area contributed by atoms with Crippen LogP contribution in [0.25, 0.3) is 11.4 Å². The number of nitrogens with zero attached hydrogens (tertiary/aromatic N) is 2. The maximum atomic E-state index is 5.53. The van der Waals surface area contributed by atoms with Crippen molar-refractivity contribution in [1.29, 1.82) is 0 Å². The Kier molecular flexibility index (Phi) is 4.46. The summed E-state index contributed by atoms with van der Waals surface area (Å²) in [4.78, 5) is 11.1. The second kappa shape index (κ2) is 6.29. The van der Waals surface area contributed by atoms with Gasteiger partial charge in [-0.1, -0.05) is 6.92 Å². The second-order valence-corrected chi connectivity index (χ2v) is 4.23. The van der Waals surface area contributed by atoms with E-state index in [1.165, 1.54) is 7.11 Å². The van der Waals surface area contributed by atoms with E-state index in [1.807, 2.05) is 24.3 Å². The minimum Gasteiger partial charge on any atom is -0.494 e. The third-order valence-corrected chi connectivity index (χ3v) is 2.61. The third-order valence-electron chi connectivity index (χ3n) is 2.42. The van der Waals surface area contributed by atoms with Crippen molar-refractivity contribution in [1.82, 2.24) is 15.0 Å². The van der Waals surface area contributed by atoms with E-state index in [2.05, 4.69) is 21.9 Å².